The Kier molecular flexibility index (Phi) is 5.81. The molecule has 4 nitrogen and oxygen atoms in total. The summed E-state index contributed by atoms with van der Waals surface area (Å²) in [5, 5.41) is 13.3. The number of hydrogen-bond acceptors (Lipinski definition) is 3. The summed E-state index contributed by atoms with van der Waals surface area (Å²) >= 11 is 0. The second kappa shape index (κ2) is 6.71. The van der Waals surface area contributed by atoms with Crippen LogP contribution in [0.3, 0.4) is 0 Å². The normalized spacial score (nSPS) is 22.8. The van der Waals surface area contributed by atoms with Gasteiger partial charge in [-0.05, 0) is 37.5 Å². The van der Waals surface area contributed by atoms with E-state index >= 15 is 0 Å². The second-order valence-corrected chi connectivity index (χ2v) is 6.86. The molecule has 4 heteroatoms. The first-order valence-electron chi connectivity index (χ1n) is 7.54. The van der Waals surface area contributed by atoms with Gasteiger partial charge in [0.05, 0.1) is 11.6 Å². The molecule has 1 rings (SSSR count). The van der Waals surface area contributed by atoms with Crippen LogP contribution in [0.2, 0.25) is 0 Å². The zero-order valence-electron chi connectivity index (χ0n) is 12.7. The second-order valence-electron chi connectivity index (χ2n) is 6.86. The van der Waals surface area contributed by atoms with E-state index in [1.54, 1.807) is 0 Å². The van der Waals surface area contributed by atoms with Crippen LogP contribution in [0.5, 0.6) is 0 Å². The molecular weight excluding hydrogens is 240 g/mol. The lowest BCUT2D eigenvalue weighted by atomic mass is 9.71. The fraction of sp³-hybridized carbons (Fsp3) is 0.933. The quantitative estimate of drug-likeness (QED) is 0.690. The molecule has 112 valence electrons. The van der Waals surface area contributed by atoms with E-state index in [4.69, 9.17) is 5.73 Å². The molecule has 1 amide bonds. The van der Waals surface area contributed by atoms with Gasteiger partial charge in [0.15, 0.2) is 0 Å². The Morgan fingerprint density at radius 3 is 2.42 bits per heavy atom. The van der Waals surface area contributed by atoms with Gasteiger partial charge in [-0.1, -0.05) is 33.6 Å². The van der Waals surface area contributed by atoms with Crippen molar-refractivity contribution in [2.45, 2.75) is 77.4 Å². The first-order valence-corrected chi connectivity index (χ1v) is 7.54. The Morgan fingerprint density at radius 2 is 1.89 bits per heavy atom. The zero-order chi connectivity index (χ0) is 14.5. The van der Waals surface area contributed by atoms with Gasteiger partial charge in [-0.15, -0.1) is 0 Å². The summed E-state index contributed by atoms with van der Waals surface area (Å²) in [5.41, 5.74) is 5.38. The van der Waals surface area contributed by atoms with E-state index in [-0.39, 0.29) is 5.91 Å². The highest BCUT2D eigenvalue weighted by molar-refractivity contribution is 5.81. The molecule has 0 aromatic carbocycles. The predicted molar refractivity (Wildman–Crippen MR) is 77.7 cm³/mol. The van der Waals surface area contributed by atoms with Crippen molar-refractivity contribution >= 4 is 5.91 Å². The van der Waals surface area contributed by atoms with Crippen molar-refractivity contribution in [2.75, 3.05) is 6.54 Å². The molecule has 19 heavy (non-hydrogen) atoms. The van der Waals surface area contributed by atoms with Crippen LogP contribution in [0.4, 0.5) is 0 Å². The average molecular weight is 270 g/mol. The fourth-order valence-corrected chi connectivity index (χ4v) is 2.51. The van der Waals surface area contributed by atoms with Crippen LogP contribution in [0.15, 0.2) is 0 Å². The summed E-state index contributed by atoms with van der Waals surface area (Å²) in [6.07, 6.45) is 6.23. The Hall–Kier alpha value is -0.610. The van der Waals surface area contributed by atoms with E-state index in [1.165, 1.54) is 0 Å². The molecule has 0 aromatic heterocycles. The number of hydrogen-bond donors (Lipinski definition) is 3. The fourth-order valence-electron chi connectivity index (χ4n) is 2.51. The van der Waals surface area contributed by atoms with Crippen LogP contribution < -0.4 is 11.1 Å². The molecule has 4 N–H and O–H groups in total. The van der Waals surface area contributed by atoms with Crippen LogP contribution in [-0.2, 0) is 4.79 Å². The van der Waals surface area contributed by atoms with Crippen molar-refractivity contribution in [2.24, 2.45) is 11.1 Å². The molecule has 0 bridgehead atoms. The lowest BCUT2D eigenvalue weighted by Gasteiger charge is -2.40. The summed E-state index contributed by atoms with van der Waals surface area (Å²) in [5.74, 6) is -0.133. The molecule has 1 atom stereocenters. The summed E-state index contributed by atoms with van der Waals surface area (Å²) in [6, 6.07) is -0.441. The van der Waals surface area contributed by atoms with Crippen molar-refractivity contribution < 1.29 is 9.90 Å². The van der Waals surface area contributed by atoms with Gasteiger partial charge in [0.2, 0.25) is 5.91 Å². The van der Waals surface area contributed by atoms with Crippen molar-refractivity contribution in [1.82, 2.24) is 5.32 Å². The van der Waals surface area contributed by atoms with E-state index in [0.717, 1.165) is 38.5 Å². The number of nitrogens with two attached hydrogens (primary N) is 1. The molecular formula is C15H30N2O2. The van der Waals surface area contributed by atoms with Crippen LogP contribution >= 0.6 is 0 Å². The highest BCUT2D eigenvalue weighted by Gasteiger charge is 2.36. The van der Waals surface area contributed by atoms with Gasteiger partial charge in [0.1, 0.15) is 0 Å². The standard InChI is InChI=1S/C15H30N2O2/c1-4-5-6-12(16)13(18)17-11-15(19)9-7-14(2,3)8-10-15/h12,19H,4-11,16H2,1-3H3,(H,17,18). The molecule has 0 aliphatic heterocycles. The van der Waals surface area contributed by atoms with Crippen LogP contribution in [-0.4, -0.2) is 29.2 Å². The SMILES string of the molecule is CCCCC(N)C(=O)NCC1(O)CCC(C)(C)CC1. The Bertz CT molecular complexity index is 293. The number of carbonyl (C=O) groups is 1. The van der Waals surface area contributed by atoms with Crippen LogP contribution in [0, 0.1) is 5.41 Å². The topological polar surface area (TPSA) is 75.4 Å². The van der Waals surface area contributed by atoms with Crippen molar-refractivity contribution in [3.8, 4) is 0 Å². The molecule has 0 aromatic rings. The van der Waals surface area contributed by atoms with E-state index in [1.807, 2.05) is 0 Å². The molecule has 1 unspecified atom stereocenters. The Labute approximate surface area is 117 Å². The number of nitrogens with one attached hydrogen (secondary N) is 1. The van der Waals surface area contributed by atoms with E-state index < -0.39 is 11.6 Å². The lowest BCUT2D eigenvalue weighted by molar-refractivity contribution is -0.124. The Morgan fingerprint density at radius 1 is 1.32 bits per heavy atom. The maximum atomic E-state index is 11.8. The van der Waals surface area contributed by atoms with Gasteiger partial charge in [-0.25, -0.2) is 0 Å². The molecule has 0 heterocycles. The van der Waals surface area contributed by atoms with E-state index in [2.05, 4.69) is 26.1 Å². The van der Waals surface area contributed by atoms with Gasteiger partial charge >= 0.3 is 0 Å². The number of rotatable bonds is 6. The molecule has 1 aliphatic rings. The number of aliphatic hydroxyl groups is 1. The minimum atomic E-state index is -0.740. The predicted octanol–water partition coefficient (Wildman–Crippen LogP) is 1.95. The number of unbranched alkanes of at least 4 members (excludes halogenated alkanes) is 1. The minimum Gasteiger partial charge on any atom is -0.388 e. The molecule has 1 fully saturated rings. The lowest BCUT2D eigenvalue weighted by Crippen LogP contribution is -2.50. The third-order valence-electron chi connectivity index (χ3n) is 4.33. The molecule has 1 saturated carbocycles. The van der Waals surface area contributed by atoms with Gasteiger partial charge in [-0.2, -0.15) is 0 Å². The van der Waals surface area contributed by atoms with Gasteiger partial charge < -0.3 is 16.2 Å². The molecule has 0 saturated heterocycles. The number of carbonyl (C=O) groups excluding carboxylic acids is 1. The largest absolute Gasteiger partial charge is 0.388 e. The van der Waals surface area contributed by atoms with Gasteiger partial charge in [-0.3, -0.25) is 4.79 Å². The van der Waals surface area contributed by atoms with Gasteiger partial charge in [0.25, 0.3) is 0 Å². The molecule has 0 radical (unpaired) electrons. The summed E-state index contributed by atoms with van der Waals surface area (Å²) in [6.45, 7) is 6.87. The summed E-state index contributed by atoms with van der Waals surface area (Å²) in [4.78, 5) is 11.8. The van der Waals surface area contributed by atoms with Gasteiger partial charge in [0, 0.05) is 6.54 Å². The minimum absolute atomic E-state index is 0.133. The number of amides is 1. The van der Waals surface area contributed by atoms with Crippen molar-refractivity contribution in [1.29, 1.82) is 0 Å². The molecule has 0 spiro atoms. The maximum Gasteiger partial charge on any atom is 0.237 e. The summed E-state index contributed by atoms with van der Waals surface area (Å²) < 4.78 is 0. The average Bonchev–Trinajstić information content (AvgIpc) is 2.37. The highest BCUT2D eigenvalue weighted by atomic mass is 16.3. The van der Waals surface area contributed by atoms with E-state index in [9.17, 15) is 9.90 Å². The van der Waals surface area contributed by atoms with Crippen molar-refractivity contribution in [3.05, 3.63) is 0 Å². The third-order valence-corrected chi connectivity index (χ3v) is 4.33. The highest BCUT2D eigenvalue weighted by Crippen LogP contribution is 2.39. The zero-order valence-corrected chi connectivity index (χ0v) is 12.7. The van der Waals surface area contributed by atoms with Crippen molar-refractivity contribution in [3.63, 3.8) is 0 Å². The van der Waals surface area contributed by atoms with E-state index in [0.29, 0.717) is 18.4 Å². The smallest absolute Gasteiger partial charge is 0.237 e. The van der Waals surface area contributed by atoms with Crippen LogP contribution in [0.1, 0.15) is 65.7 Å². The first kappa shape index (κ1) is 16.4. The maximum absolute atomic E-state index is 11.8. The first-order chi connectivity index (χ1) is 8.78. The Balaban J connectivity index is 2.33. The molecule has 1 aliphatic carbocycles. The summed E-state index contributed by atoms with van der Waals surface area (Å²) in [7, 11) is 0. The van der Waals surface area contributed by atoms with Crippen LogP contribution in [0.25, 0.3) is 0 Å². The third kappa shape index (κ3) is 5.49. The monoisotopic (exact) mass is 270 g/mol.